The standard InChI is InChI=1S/C24H21N9O5/c1-37-10-9-30-14-25-21-19(30)22(34)33(24(36)32(21)11-15-5-3-2-4-6-15)13-18-26-20(29-38-18)16-7-8-17-27-28-23(35)31(17)12-16/h2-8,12,14H,9-11,13H2,1H3,(H,28,35). The summed E-state index contributed by atoms with van der Waals surface area (Å²) in [6.45, 7) is 0.706. The Morgan fingerprint density at radius 3 is 2.68 bits per heavy atom. The number of methoxy groups -OCH3 is 1. The van der Waals surface area contributed by atoms with Crippen molar-refractivity contribution < 1.29 is 9.26 Å². The predicted octanol–water partition coefficient (Wildman–Crippen LogP) is 0.489. The van der Waals surface area contributed by atoms with E-state index in [0.717, 1.165) is 10.1 Å². The van der Waals surface area contributed by atoms with Gasteiger partial charge in [0.2, 0.25) is 11.7 Å². The molecule has 0 aliphatic carbocycles. The van der Waals surface area contributed by atoms with Crippen LogP contribution in [0.5, 0.6) is 0 Å². The molecule has 1 aromatic carbocycles. The van der Waals surface area contributed by atoms with E-state index in [2.05, 4.69) is 25.3 Å². The number of ether oxygens (including phenoxy) is 1. The zero-order valence-corrected chi connectivity index (χ0v) is 20.1. The molecule has 0 saturated carbocycles. The van der Waals surface area contributed by atoms with E-state index in [1.165, 1.54) is 21.5 Å². The number of nitrogens with zero attached hydrogens (tertiary/aromatic N) is 8. The number of imidazole rings is 1. The zero-order chi connectivity index (χ0) is 26.2. The molecule has 0 amide bonds. The molecular weight excluding hydrogens is 494 g/mol. The minimum atomic E-state index is -0.561. The molecule has 1 N–H and O–H groups in total. The third-order valence-corrected chi connectivity index (χ3v) is 6.13. The lowest BCUT2D eigenvalue weighted by Gasteiger charge is -2.12. The van der Waals surface area contributed by atoms with Crippen molar-refractivity contribution in [2.45, 2.75) is 19.6 Å². The van der Waals surface area contributed by atoms with Gasteiger partial charge < -0.3 is 13.8 Å². The van der Waals surface area contributed by atoms with Crippen molar-refractivity contribution in [3.63, 3.8) is 0 Å². The number of rotatable bonds is 8. The van der Waals surface area contributed by atoms with Crippen LogP contribution in [0.2, 0.25) is 0 Å². The second-order valence-electron chi connectivity index (χ2n) is 8.54. The number of pyridine rings is 1. The molecular formula is C24H21N9O5. The first-order valence-electron chi connectivity index (χ1n) is 11.6. The second kappa shape index (κ2) is 9.40. The first-order valence-corrected chi connectivity index (χ1v) is 11.6. The average molecular weight is 515 g/mol. The molecule has 14 nitrogen and oxygen atoms in total. The highest BCUT2D eigenvalue weighted by Gasteiger charge is 2.20. The Bertz CT molecular complexity index is 1940. The Kier molecular flexibility index (Phi) is 5.76. The molecule has 0 fully saturated rings. The monoisotopic (exact) mass is 515 g/mol. The third-order valence-electron chi connectivity index (χ3n) is 6.13. The Hall–Kier alpha value is -5.11. The van der Waals surface area contributed by atoms with Crippen molar-refractivity contribution in [3.8, 4) is 11.4 Å². The van der Waals surface area contributed by atoms with Gasteiger partial charge in [0.1, 0.15) is 6.54 Å². The van der Waals surface area contributed by atoms with Crippen molar-refractivity contribution in [1.82, 2.24) is 43.4 Å². The van der Waals surface area contributed by atoms with Gasteiger partial charge in [-0.2, -0.15) is 10.1 Å². The van der Waals surface area contributed by atoms with Crippen molar-refractivity contribution in [2.75, 3.05) is 13.7 Å². The molecule has 38 heavy (non-hydrogen) atoms. The van der Waals surface area contributed by atoms with Crippen LogP contribution in [-0.2, 0) is 24.4 Å². The van der Waals surface area contributed by atoms with Gasteiger partial charge in [0.15, 0.2) is 16.8 Å². The Morgan fingerprint density at radius 1 is 1.03 bits per heavy atom. The molecule has 192 valence electrons. The van der Waals surface area contributed by atoms with E-state index < -0.39 is 16.9 Å². The highest BCUT2D eigenvalue weighted by molar-refractivity contribution is 5.70. The van der Waals surface area contributed by atoms with Gasteiger partial charge in [0.05, 0.1) is 19.5 Å². The van der Waals surface area contributed by atoms with Crippen LogP contribution in [-0.4, -0.2) is 57.1 Å². The number of fused-ring (bicyclic) bond motifs is 2. The maximum atomic E-state index is 13.6. The van der Waals surface area contributed by atoms with E-state index in [9.17, 15) is 14.4 Å². The summed E-state index contributed by atoms with van der Waals surface area (Å²) in [4.78, 5) is 47.8. The Labute approximate surface area is 212 Å². The molecule has 6 rings (SSSR count). The maximum Gasteiger partial charge on any atom is 0.347 e. The van der Waals surface area contributed by atoms with Gasteiger partial charge in [-0.15, -0.1) is 0 Å². The van der Waals surface area contributed by atoms with E-state index in [0.29, 0.717) is 24.4 Å². The van der Waals surface area contributed by atoms with Gasteiger partial charge in [-0.3, -0.25) is 9.36 Å². The fraction of sp³-hybridized carbons (Fsp3) is 0.208. The van der Waals surface area contributed by atoms with Crippen LogP contribution >= 0.6 is 0 Å². The molecule has 0 saturated heterocycles. The summed E-state index contributed by atoms with van der Waals surface area (Å²) < 4.78 is 16.0. The predicted molar refractivity (Wildman–Crippen MR) is 134 cm³/mol. The quantitative estimate of drug-likeness (QED) is 0.304. The normalized spacial score (nSPS) is 11.6. The fourth-order valence-electron chi connectivity index (χ4n) is 4.26. The summed E-state index contributed by atoms with van der Waals surface area (Å²) in [6, 6.07) is 12.7. The number of H-pyrrole nitrogens is 1. The molecule has 0 aliphatic rings. The van der Waals surface area contributed by atoms with Gasteiger partial charge in [-0.1, -0.05) is 35.5 Å². The van der Waals surface area contributed by atoms with Crippen molar-refractivity contribution >= 4 is 16.8 Å². The Balaban J connectivity index is 1.43. The van der Waals surface area contributed by atoms with Crippen molar-refractivity contribution in [3.05, 3.63) is 97.8 Å². The molecule has 6 aromatic rings. The highest BCUT2D eigenvalue weighted by Crippen LogP contribution is 2.16. The van der Waals surface area contributed by atoms with Crippen molar-refractivity contribution in [2.24, 2.45) is 0 Å². The van der Waals surface area contributed by atoms with E-state index >= 15 is 0 Å². The first-order chi connectivity index (χ1) is 18.5. The van der Waals surface area contributed by atoms with Gasteiger partial charge in [0, 0.05) is 25.4 Å². The molecule has 0 unspecified atom stereocenters. The van der Waals surface area contributed by atoms with Crippen LogP contribution in [0.1, 0.15) is 11.5 Å². The summed E-state index contributed by atoms with van der Waals surface area (Å²) in [5.74, 6) is 0.242. The average Bonchev–Trinajstić information content (AvgIpc) is 3.67. The minimum Gasteiger partial charge on any atom is -0.383 e. The summed E-state index contributed by atoms with van der Waals surface area (Å²) in [5, 5.41) is 10.2. The SMILES string of the molecule is COCCn1cnc2c1c(=O)n(Cc1nc(-c3ccc4n[nH]c(=O)n4c3)no1)c(=O)n2Cc1ccccc1. The molecule has 14 heteroatoms. The summed E-state index contributed by atoms with van der Waals surface area (Å²) in [7, 11) is 1.57. The number of aromatic amines is 1. The smallest absolute Gasteiger partial charge is 0.347 e. The highest BCUT2D eigenvalue weighted by atomic mass is 16.5. The minimum absolute atomic E-state index is 0.0485. The van der Waals surface area contributed by atoms with Crippen LogP contribution in [0, 0.1) is 0 Å². The van der Waals surface area contributed by atoms with Crippen LogP contribution in [0.15, 0.2) is 73.9 Å². The van der Waals surface area contributed by atoms with Gasteiger partial charge >= 0.3 is 11.4 Å². The molecule has 0 spiro atoms. The largest absolute Gasteiger partial charge is 0.383 e. The lowest BCUT2D eigenvalue weighted by Crippen LogP contribution is -2.41. The molecule has 0 radical (unpaired) electrons. The number of hydrogen-bond acceptors (Lipinski definition) is 9. The van der Waals surface area contributed by atoms with Gasteiger partial charge in [0.25, 0.3) is 5.56 Å². The Morgan fingerprint density at radius 2 is 1.87 bits per heavy atom. The van der Waals surface area contributed by atoms with E-state index in [1.54, 1.807) is 23.8 Å². The lowest BCUT2D eigenvalue weighted by atomic mass is 10.2. The molecule has 5 heterocycles. The zero-order valence-electron chi connectivity index (χ0n) is 20.1. The number of nitrogens with one attached hydrogen (secondary N) is 1. The van der Waals surface area contributed by atoms with Crippen LogP contribution < -0.4 is 16.9 Å². The third kappa shape index (κ3) is 4.02. The molecule has 0 bridgehead atoms. The fourth-order valence-corrected chi connectivity index (χ4v) is 4.26. The van der Waals surface area contributed by atoms with Crippen LogP contribution in [0.4, 0.5) is 0 Å². The van der Waals surface area contributed by atoms with Crippen LogP contribution in [0.3, 0.4) is 0 Å². The topological polar surface area (TPSA) is 160 Å². The second-order valence-corrected chi connectivity index (χ2v) is 8.54. The van der Waals surface area contributed by atoms with Crippen LogP contribution in [0.25, 0.3) is 28.2 Å². The van der Waals surface area contributed by atoms with E-state index in [-0.39, 0.29) is 36.0 Å². The van der Waals surface area contributed by atoms with E-state index in [4.69, 9.17) is 9.26 Å². The number of hydrogen-bond donors (Lipinski definition) is 1. The number of benzene rings is 1. The number of aromatic nitrogens is 9. The van der Waals surface area contributed by atoms with E-state index in [1.807, 2.05) is 30.3 Å². The maximum absolute atomic E-state index is 13.6. The summed E-state index contributed by atoms with van der Waals surface area (Å²) in [5.41, 5.74) is 0.850. The molecule has 0 aliphatic heterocycles. The molecule has 0 atom stereocenters. The van der Waals surface area contributed by atoms with Gasteiger partial charge in [-0.25, -0.2) is 28.6 Å². The first kappa shape index (κ1) is 23.3. The van der Waals surface area contributed by atoms with Gasteiger partial charge in [-0.05, 0) is 17.7 Å². The summed E-state index contributed by atoms with van der Waals surface area (Å²) in [6.07, 6.45) is 3.05. The van der Waals surface area contributed by atoms with Crippen molar-refractivity contribution in [1.29, 1.82) is 0 Å². The summed E-state index contributed by atoms with van der Waals surface area (Å²) >= 11 is 0. The lowest BCUT2D eigenvalue weighted by molar-refractivity contribution is 0.188. The molecule has 5 aromatic heterocycles.